The highest BCUT2D eigenvalue weighted by molar-refractivity contribution is 6.13. The molecular weight excluding hydrogens is 238 g/mol. The highest BCUT2D eigenvalue weighted by atomic mass is 16.2. The Morgan fingerprint density at radius 2 is 1.63 bits per heavy atom. The Bertz CT molecular complexity index is 737. The van der Waals surface area contributed by atoms with Gasteiger partial charge in [-0.15, -0.1) is 0 Å². The van der Waals surface area contributed by atoms with E-state index in [0.717, 1.165) is 12.0 Å². The number of nitrogens with zero attached hydrogens (tertiary/aromatic N) is 1. The van der Waals surface area contributed by atoms with Crippen molar-refractivity contribution >= 4 is 22.6 Å². The molecule has 2 aromatic carbocycles. The monoisotopic (exact) mass is 249 g/mol. The number of hydrogen-bond acceptors (Lipinski definition) is 2. The van der Waals surface area contributed by atoms with Crippen LogP contribution < -0.4 is 0 Å². The van der Waals surface area contributed by atoms with E-state index in [0.29, 0.717) is 0 Å². The van der Waals surface area contributed by atoms with Gasteiger partial charge in [0.25, 0.3) is 11.8 Å². The van der Waals surface area contributed by atoms with Crippen LogP contribution in [-0.4, -0.2) is 16.7 Å². The van der Waals surface area contributed by atoms with E-state index in [4.69, 9.17) is 0 Å². The fourth-order valence-electron chi connectivity index (χ4n) is 3.17. The van der Waals surface area contributed by atoms with Gasteiger partial charge in [-0.05, 0) is 28.3 Å². The summed E-state index contributed by atoms with van der Waals surface area (Å²) >= 11 is 0. The van der Waals surface area contributed by atoms with Crippen molar-refractivity contribution in [1.82, 2.24) is 4.90 Å². The zero-order chi connectivity index (χ0) is 13.0. The first-order valence-corrected chi connectivity index (χ1v) is 6.31. The molecular formula is C16H11NO2. The third-order valence-corrected chi connectivity index (χ3v) is 3.95. The fourth-order valence-corrected chi connectivity index (χ4v) is 3.17. The SMILES string of the molecule is O=C1C=CC(=O)N1C1Cc2cccc3cccc1c23. The largest absolute Gasteiger partial charge is 0.269 e. The van der Waals surface area contributed by atoms with Gasteiger partial charge in [0.2, 0.25) is 0 Å². The maximum atomic E-state index is 11.9. The summed E-state index contributed by atoms with van der Waals surface area (Å²) in [5.74, 6) is -0.417. The van der Waals surface area contributed by atoms with Gasteiger partial charge in [-0.2, -0.15) is 0 Å². The molecule has 0 saturated heterocycles. The van der Waals surface area contributed by atoms with E-state index in [1.165, 1.54) is 33.4 Å². The molecule has 0 N–H and O–H groups in total. The van der Waals surface area contributed by atoms with Crippen LogP contribution >= 0.6 is 0 Å². The van der Waals surface area contributed by atoms with Crippen molar-refractivity contribution in [3.63, 3.8) is 0 Å². The van der Waals surface area contributed by atoms with Crippen LogP contribution in [0.1, 0.15) is 17.2 Å². The number of hydrogen-bond donors (Lipinski definition) is 0. The maximum Gasteiger partial charge on any atom is 0.254 e. The first-order chi connectivity index (χ1) is 9.25. The van der Waals surface area contributed by atoms with Crippen molar-refractivity contribution in [2.45, 2.75) is 12.5 Å². The number of carbonyl (C=O) groups excluding carboxylic acids is 2. The molecule has 1 aliphatic heterocycles. The summed E-state index contributed by atoms with van der Waals surface area (Å²) in [7, 11) is 0. The molecule has 0 saturated carbocycles. The molecule has 1 aliphatic carbocycles. The molecule has 0 radical (unpaired) electrons. The van der Waals surface area contributed by atoms with E-state index in [2.05, 4.69) is 18.2 Å². The lowest BCUT2D eigenvalue weighted by Crippen LogP contribution is -2.34. The van der Waals surface area contributed by atoms with Gasteiger partial charge in [-0.3, -0.25) is 14.5 Å². The van der Waals surface area contributed by atoms with E-state index in [9.17, 15) is 9.59 Å². The van der Waals surface area contributed by atoms with E-state index in [1.54, 1.807) is 0 Å². The van der Waals surface area contributed by atoms with Crippen LogP contribution in [0.5, 0.6) is 0 Å². The van der Waals surface area contributed by atoms with E-state index >= 15 is 0 Å². The van der Waals surface area contributed by atoms with Crippen molar-refractivity contribution in [2.24, 2.45) is 0 Å². The van der Waals surface area contributed by atoms with Gasteiger partial charge in [0, 0.05) is 12.2 Å². The summed E-state index contributed by atoms with van der Waals surface area (Å²) in [6.07, 6.45) is 3.42. The van der Waals surface area contributed by atoms with Crippen molar-refractivity contribution in [1.29, 1.82) is 0 Å². The third-order valence-electron chi connectivity index (χ3n) is 3.95. The molecule has 92 valence electrons. The molecule has 0 bridgehead atoms. The van der Waals surface area contributed by atoms with E-state index in [1.807, 2.05) is 18.2 Å². The third kappa shape index (κ3) is 1.32. The Hall–Kier alpha value is -2.42. The molecule has 0 fully saturated rings. The number of amides is 2. The van der Waals surface area contributed by atoms with Crippen molar-refractivity contribution in [3.05, 3.63) is 59.7 Å². The number of rotatable bonds is 1. The molecule has 2 amide bonds. The average Bonchev–Trinajstić information content (AvgIpc) is 2.93. The summed E-state index contributed by atoms with van der Waals surface area (Å²) < 4.78 is 0. The Balaban J connectivity index is 1.90. The smallest absolute Gasteiger partial charge is 0.254 e. The van der Waals surface area contributed by atoms with Gasteiger partial charge in [-0.1, -0.05) is 36.4 Å². The molecule has 1 heterocycles. The lowest BCUT2D eigenvalue weighted by Gasteiger charge is -2.22. The summed E-state index contributed by atoms with van der Waals surface area (Å²) in [6, 6.07) is 12.1. The Kier molecular flexibility index (Phi) is 1.96. The van der Waals surface area contributed by atoms with Crippen LogP contribution in [0.2, 0.25) is 0 Å². The van der Waals surface area contributed by atoms with Crippen LogP contribution in [0.15, 0.2) is 48.6 Å². The van der Waals surface area contributed by atoms with Gasteiger partial charge >= 0.3 is 0 Å². The molecule has 1 atom stereocenters. The minimum atomic E-state index is -0.209. The predicted molar refractivity (Wildman–Crippen MR) is 71.4 cm³/mol. The number of carbonyl (C=O) groups is 2. The molecule has 3 heteroatoms. The molecule has 2 aromatic rings. The Morgan fingerprint density at radius 1 is 0.947 bits per heavy atom. The topological polar surface area (TPSA) is 37.4 Å². The van der Waals surface area contributed by atoms with E-state index < -0.39 is 0 Å². The minimum absolute atomic E-state index is 0.156. The predicted octanol–water partition coefficient (Wildman–Crippen LogP) is 2.36. The second-order valence-electron chi connectivity index (χ2n) is 4.96. The first kappa shape index (κ1) is 10.5. The number of imide groups is 1. The normalized spacial score (nSPS) is 20.8. The van der Waals surface area contributed by atoms with Gasteiger partial charge in [-0.25, -0.2) is 0 Å². The Labute approximate surface area is 110 Å². The number of benzene rings is 2. The molecule has 3 nitrogen and oxygen atoms in total. The lowest BCUT2D eigenvalue weighted by molar-refractivity contribution is -0.139. The lowest BCUT2D eigenvalue weighted by atomic mass is 10.0. The van der Waals surface area contributed by atoms with E-state index in [-0.39, 0.29) is 17.9 Å². The van der Waals surface area contributed by atoms with Crippen molar-refractivity contribution in [3.8, 4) is 0 Å². The second kappa shape index (κ2) is 3.54. The molecule has 4 rings (SSSR count). The van der Waals surface area contributed by atoms with Gasteiger partial charge in [0.1, 0.15) is 0 Å². The summed E-state index contributed by atoms with van der Waals surface area (Å²) in [6.45, 7) is 0. The van der Waals surface area contributed by atoms with Crippen molar-refractivity contribution < 1.29 is 9.59 Å². The maximum absolute atomic E-state index is 11.9. The molecule has 0 spiro atoms. The van der Waals surface area contributed by atoms with Crippen LogP contribution in [0.4, 0.5) is 0 Å². The van der Waals surface area contributed by atoms with Crippen molar-refractivity contribution in [2.75, 3.05) is 0 Å². The van der Waals surface area contributed by atoms with Crippen LogP contribution in [-0.2, 0) is 16.0 Å². The van der Waals surface area contributed by atoms with Crippen LogP contribution in [0, 0.1) is 0 Å². The van der Waals surface area contributed by atoms with Crippen LogP contribution in [0.3, 0.4) is 0 Å². The zero-order valence-corrected chi connectivity index (χ0v) is 10.2. The van der Waals surface area contributed by atoms with Gasteiger partial charge in [0.05, 0.1) is 6.04 Å². The zero-order valence-electron chi connectivity index (χ0n) is 10.2. The van der Waals surface area contributed by atoms with Gasteiger partial charge < -0.3 is 0 Å². The highest BCUT2D eigenvalue weighted by Gasteiger charge is 2.36. The standard InChI is InChI=1S/C16H11NO2/c18-14-7-8-15(19)17(14)13-9-11-5-1-3-10-4-2-6-12(13)16(10)11/h1-8,13H,9H2. The molecule has 0 aromatic heterocycles. The average molecular weight is 249 g/mol. The van der Waals surface area contributed by atoms with Crippen LogP contribution in [0.25, 0.3) is 10.8 Å². The molecule has 19 heavy (non-hydrogen) atoms. The minimum Gasteiger partial charge on any atom is -0.269 e. The van der Waals surface area contributed by atoms with Gasteiger partial charge in [0.15, 0.2) is 0 Å². The fraction of sp³-hybridized carbons (Fsp3) is 0.125. The molecule has 1 unspecified atom stereocenters. The summed E-state index contributed by atoms with van der Waals surface area (Å²) in [4.78, 5) is 25.1. The highest BCUT2D eigenvalue weighted by Crippen LogP contribution is 2.40. The molecule has 2 aliphatic rings. The first-order valence-electron chi connectivity index (χ1n) is 6.31. The second-order valence-corrected chi connectivity index (χ2v) is 4.96. The Morgan fingerprint density at radius 3 is 2.37 bits per heavy atom. The summed E-state index contributed by atoms with van der Waals surface area (Å²) in [5, 5.41) is 2.37. The summed E-state index contributed by atoms with van der Waals surface area (Å²) in [5.41, 5.74) is 2.30. The quantitative estimate of drug-likeness (QED) is 0.727.